The molecule has 7 nitrogen and oxygen atoms in total. The molecule has 0 spiro atoms. The van der Waals surface area contributed by atoms with Crippen molar-refractivity contribution < 1.29 is 23.8 Å². The van der Waals surface area contributed by atoms with Gasteiger partial charge >= 0.3 is 5.97 Å². The van der Waals surface area contributed by atoms with Crippen LogP contribution in [0.5, 0.6) is 11.5 Å². The summed E-state index contributed by atoms with van der Waals surface area (Å²) >= 11 is 0. The molecule has 0 unspecified atom stereocenters. The molecule has 156 valence electrons. The van der Waals surface area contributed by atoms with Crippen molar-refractivity contribution in [2.24, 2.45) is 5.92 Å². The molecule has 0 amide bonds. The third-order valence-electron chi connectivity index (χ3n) is 4.83. The lowest BCUT2D eigenvalue weighted by Gasteiger charge is -2.12. The number of aryl methyl sites for hydroxylation is 1. The number of ether oxygens (including phenoxy) is 3. The summed E-state index contributed by atoms with van der Waals surface area (Å²) in [6.45, 7) is 8.68. The van der Waals surface area contributed by atoms with Gasteiger partial charge in [0.15, 0.2) is 23.9 Å². The van der Waals surface area contributed by atoms with Crippen LogP contribution in [0.15, 0.2) is 29.8 Å². The van der Waals surface area contributed by atoms with E-state index < -0.39 is 18.4 Å². The first kappa shape index (κ1) is 21.2. The van der Waals surface area contributed by atoms with Gasteiger partial charge in [-0.3, -0.25) is 4.79 Å². The Morgan fingerprint density at radius 2 is 1.97 bits per heavy atom. The van der Waals surface area contributed by atoms with Crippen LogP contribution in [-0.4, -0.2) is 29.7 Å². The summed E-state index contributed by atoms with van der Waals surface area (Å²) in [6, 6.07) is 8.56. The normalized spacial score (nSPS) is 12.7. The number of nitrogens with zero attached hydrogens (tertiary/aromatic N) is 2. The number of rotatable bonds is 7. The van der Waals surface area contributed by atoms with Crippen molar-refractivity contribution in [3.63, 3.8) is 0 Å². The molecular formula is C23H24N2O5. The molecule has 0 N–H and O–H groups in total. The van der Waals surface area contributed by atoms with Crippen molar-refractivity contribution in [2.75, 3.05) is 13.4 Å². The monoisotopic (exact) mass is 408 g/mol. The van der Waals surface area contributed by atoms with Crippen molar-refractivity contribution in [1.82, 2.24) is 4.57 Å². The summed E-state index contributed by atoms with van der Waals surface area (Å²) in [5.41, 5.74) is 2.99. The number of hydrogen-bond acceptors (Lipinski definition) is 6. The average molecular weight is 408 g/mol. The number of carbonyl (C=O) groups excluding carboxylic acids is 2. The van der Waals surface area contributed by atoms with Crippen LogP contribution in [0.3, 0.4) is 0 Å². The first-order chi connectivity index (χ1) is 14.3. The van der Waals surface area contributed by atoms with Crippen LogP contribution in [-0.2, 0) is 16.1 Å². The van der Waals surface area contributed by atoms with Crippen molar-refractivity contribution in [2.45, 2.75) is 34.2 Å². The molecule has 7 heteroatoms. The summed E-state index contributed by atoms with van der Waals surface area (Å²) in [4.78, 5) is 24.7. The lowest BCUT2D eigenvalue weighted by Crippen LogP contribution is -2.15. The van der Waals surface area contributed by atoms with Crippen LogP contribution in [0.4, 0.5) is 0 Å². The second kappa shape index (κ2) is 8.87. The third kappa shape index (κ3) is 4.54. The Bertz CT molecular complexity index is 1060. The van der Waals surface area contributed by atoms with Crippen LogP contribution in [0.2, 0.25) is 0 Å². The Morgan fingerprint density at radius 3 is 2.67 bits per heavy atom. The molecule has 1 aromatic carbocycles. The van der Waals surface area contributed by atoms with Gasteiger partial charge in [-0.1, -0.05) is 13.8 Å². The lowest BCUT2D eigenvalue weighted by molar-refractivity contribution is -0.137. The van der Waals surface area contributed by atoms with Gasteiger partial charge in [0.1, 0.15) is 11.6 Å². The highest BCUT2D eigenvalue weighted by atomic mass is 16.7. The lowest BCUT2D eigenvalue weighted by atomic mass is 10.1. The molecule has 3 rings (SSSR count). The van der Waals surface area contributed by atoms with E-state index in [4.69, 9.17) is 14.2 Å². The highest BCUT2D eigenvalue weighted by Crippen LogP contribution is 2.32. The third-order valence-corrected chi connectivity index (χ3v) is 4.83. The minimum atomic E-state index is -0.833. The zero-order chi connectivity index (χ0) is 21.8. The zero-order valence-electron chi connectivity index (χ0n) is 17.5. The molecule has 0 radical (unpaired) electrons. The number of Topliss-reactive ketones (excluding diaryl/α,β-unsaturated/α-hetero) is 1. The summed E-state index contributed by atoms with van der Waals surface area (Å²) in [6.07, 6.45) is 1.51. The summed E-state index contributed by atoms with van der Waals surface area (Å²) in [5.74, 6) is 0.276. The highest BCUT2D eigenvalue weighted by molar-refractivity contribution is 6.02. The molecule has 1 aromatic heterocycles. The molecule has 0 saturated carbocycles. The smallest absolute Gasteiger partial charge is 0.349 e. The molecular weight excluding hydrogens is 384 g/mol. The van der Waals surface area contributed by atoms with E-state index in [2.05, 4.69) is 18.4 Å². The fourth-order valence-corrected chi connectivity index (χ4v) is 3.27. The predicted molar refractivity (Wildman–Crippen MR) is 110 cm³/mol. The summed E-state index contributed by atoms with van der Waals surface area (Å²) in [7, 11) is 0. The average Bonchev–Trinajstić information content (AvgIpc) is 3.29. The second-order valence-corrected chi connectivity index (χ2v) is 7.57. The van der Waals surface area contributed by atoms with Gasteiger partial charge in [-0.2, -0.15) is 5.26 Å². The Hall–Kier alpha value is -3.53. The molecule has 0 atom stereocenters. The molecule has 1 aliphatic rings. The van der Waals surface area contributed by atoms with Crippen LogP contribution in [0.1, 0.15) is 41.2 Å². The van der Waals surface area contributed by atoms with E-state index in [0.29, 0.717) is 23.0 Å². The topological polar surface area (TPSA) is 90.6 Å². The highest BCUT2D eigenvalue weighted by Gasteiger charge is 2.19. The van der Waals surface area contributed by atoms with Crippen molar-refractivity contribution >= 4 is 17.8 Å². The van der Waals surface area contributed by atoms with Gasteiger partial charge < -0.3 is 18.8 Å². The molecule has 1 aliphatic heterocycles. The van der Waals surface area contributed by atoms with Gasteiger partial charge in [0, 0.05) is 23.5 Å². The number of hydrogen-bond donors (Lipinski definition) is 0. The van der Waals surface area contributed by atoms with Crippen LogP contribution < -0.4 is 9.47 Å². The number of esters is 1. The fraction of sp³-hybridized carbons (Fsp3) is 0.348. The van der Waals surface area contributed by atoms with E-state index in [1.54, 1.807) is 18.2 Å². The maximum Gasteiger partial charge on any atom is 0.349 e. The van der Waals surface area contributed by atoms with Gasteiger partial charge in [0.05, 0.1) is 0 Å². The molecule has 0 bridgehead atoms. The number of fused-ring (bicyclic) bond motifs is 1. The van der Waals surface area contributed by atoms with Gasteiger partial charge in [0.2, 0.25) is 6.79 Å². The van der Waals surface area contributed by atoms with E-state index in [-0.39, 0.29) is 12.4 Å². The standard InChI is InChI=1S/C23H24N2O5/c1-14(2)11-25-15(3)7-18(16(25)4)8-19(10-24)23(27)28-12-20(26)17-5-6-21-22(9-17)30-13-29-21/h5-9,14H,11-13H2,1-4H3/b19-8-. The van der Waals surface area contributed by atoms with E-state index >= 15 is 0 Å². The zero-order valence-corrected chi connectivity index (χ0v) is 17.5. The Morgan fingerprint density at radius 1 is 1.23 bits per heavy atom. The van der Waals surface area contributed by atoms with Gasteiger partial charge in [0.25, 0.3) is 0 Å². The van der Waals surface area contributed by atoms with E-state index in [1.165, 1.54) is 6.08 Å². The van der Waals surface area contributed by atoms with Crippen LogP contribution >= 0.6 is 0 Å². The second-order valence-electron chi connectivity index (χ2n) is 7.57. The van der Waals surface area contributed by atoms with Crippen molar-refractivity contribution in [3.05, 3.63) is 52.4 Å². The molecule has 30 heavy (non-hydrogen) atoms. The number of nitriles is 1. The Balaban J connectivity index is 1.69. The number of ketones is 1. The predicted octanol–water partition coefficient (Wildman–Crippen LogP) is 3.82. The van der Waals surface area contributed by atoms with Gasteiger partial charge in [-0.15, -0.1) is 0 Å². The molecule has 2 aromatic rings. The largest absolute Gasteiger partial charge is 0.454 e. The summed E-state index contributed by atoms with van der Waals surface area (Å²) < 4.78 is 17.7. The maximum atomic E-state index is 12.4. The molecule has 0 aliphatic carbocycles. The van der Waals surface area contributed by atoms with E-state index in [0.717, 1.165) is 23.5 Å². The fourth-order valence-electron chi connectivity index (χ4n) is 3.27. The van der Waals surface area contributed by atoms with E-state index in [1.807, 2.05) is 26.0 Å². The molecule has 0 fully saturated rings. The number of aromatic nitrogens is 1. The minimum Gasteiger partial charge on any atom is -0.454 e. The van der Waals surface area contributed by atoms with Gasteiger partial charge in [-0.05, 0) is 55.7 Å². The number of benzene rings is 1. The number of carbonyl (C=O) groups is 2. The SMILES string of the molecule is Cc1cc(/C=C(/C#N)C(=O)OCC(=O)c2ccc3c(c2)OCO3)c(C)n1CC(C)C. The Labute approximate surface area is 175 Å². The van der Waals surface area contributed by atoms with Crippen molar-refractivity contribution in [1.29, 1.82) is 5.26 Å². The molecule has 0 saturated heterocycles. The minimum absolute atomic E-state index is 0.107. The quantitative estimate of drug-likeness (QED) is 0.299. The van der Waals surface area contributed by atoms with Crippen LogP contribution in [0, 0.1) is 31.1 Å². The first-order valence-electron chi connectivity index (χ1n) is 9.68. The Kier molecular flexibility index (Phi) is 6.26. The van der Waals surface area contributed by atoms with Crippen LogP contribution in [0.25, 0.3) is 6.08 Å². The maximum absolute atomic E-state index is 12.4. The van der Waals surface area contributed by atoms with E-state index in [9.17, 15) is 14.9 Å². The first-order valence-corrected chi connectivity index (χ1v) is 9.68. The van der Waals surface area contributed by atoms with Gasteiger partial charge in [-0.25, -0.2) is 4.79 Å². The molecule has 2 heterocycles. The van der Waals surface area contributed by atoms with Crippen molar-refractivity contribution in [3.8, 4) is 17.6 Å². The summed E-state index contributed by atoms with van der Waals surface area (Å²) in [5, 5.41) is 9.42.